The number of carboxylic acid groups (broad SMARTS) is 1. The lowest BCUT2D eigenvalue weighted by molar-refractivity contribution is -0.142. The van der Waals surface area contributed by atoms with Gasteiger partial charge in [-0.05, 0) is 29.5 Å². The molecular formula is C16H22N2O4S. The van der Waals surface area contributed by atoms with Crippen LogP contribution in [0.15, 0.2) is 29.2 Å². The molecule has 0 spiro atoms. The van der Waals surface area contributed by atoms with Crippen LogP contribution in [0.1, 0.15) is 32.8 Å². The summed E-state index contributed by atoms with van der Waals surface area (Å²) in [4.78, 5) is 11.5. The van der Waals surface area contributed by atoms with Crippen molar-refractivity contribution in [1.29, 1.82) is 5.26 Å². The Bertz CT molecular complexity index is 714. The lowest BCUT2D eigenvalue weighted by atomic mass is 9.88. The quantitative estimate of drug-likeness (QED) is 0.858. The molecule has 1 aromatic carbocycles. The van der Waals surface area contributed by atoms with Crippen molar-refractivity contribution in [2.75, 3.05) is 7.05 Å². The summed E-state index contributed by atoms with van der Waals surface area (Å²) in [6.07, 6.45) is 0.285. The molecule has 0 aliphatic rings. The van der Waals surface area contributed by atoms with Gasteiger partial charge in [-0.2, -0.15) is 9.57 Å². The van der Waals surface area contributed by atoms with E-state index in [9.17, 15) is 18.3 Å². The van der Waals surface area contributed by atoms with E-state index < -0.39 is 22.0 Å². The lowest BCUT2D eigenvalue weighted by Crippen LogP contribution is -2.44. The fourth-order valence-corrected chi connectivity index (χ4v) is 3.58. The zero-order chi connectivity index (χ0) is 17.8. The Morgan fingerprint density at radius 3 is 2.48 bits per heavy atom. The zero-order valence-electron chi connectivity index (χ0n) is 13.8. The van der Waals surface area contributed by atoms with Crippen LogP contribution >= 0.6 is 0 Å². The number of hydrogen-bond acceptors (Lipinski definition) is 4. The first-order valence-electron chi connectivity index (χ1n) is 7.16. The molecule has 0 heterocycles. The second kappa shape index (κ2) is 7.11. The summed E-state index contributed by atoms with van der Waals surface area (Å²) in [6.45, 7) is 5.57. The van der Waals surface area contributed by atoms with Gasteiger partial charge in [0.2, 0.25) is 10.0 Å². The average molecular weight is 338 g/mol. The highest BCUT2D eigenvalue weighted by Crippen LogP contribution is 2.27. The summed E-state index contributed by atoms with van der Waals surface area (Å²) < 4.78 is 26.3. The average Bonchev–Trinajstić information content (AvgIpc) is 2.43. The van der Waals surface area contributed by atoms with Crippen molar-refractivity contribution in [3.05, 3.63) is 29.8 Å². The van der Waals surface area contributed by atoms with E-state index >= 15 is 0 Å². The highest BCUT2D eigenvalue weighted by molar-refractivity contribution is 7.89. The van der Waals surface area contributed by atoms with Gasteiger partial charge in [0.1, 0.15) is 6.04 Å². The minimum atomic E-state index is -3.95. The molecule has 1 rings (SSSR count). The number of carboxylic acids is 1. The Kier molecular flexibility index (Phi) is 5.92. The first kappa shape index (κ1) is 19.1. The Balaban J connectivity index is 3.22. The minimum Gasteiger partial charge on any atom is -0.480 e. The van der Waals surface area contributed by atoms with Crippen LogP contribution in [0.2, 0.25) is 0 Å². The summed E-state index contributed by atoms with van der Waals surface area (Å²) in [6, 6.07) is 6.83. The maximum atomic E-state index is 12.7. The fraction of sp³-hybridized carbons (Fsp3) is 0.500. The second-order valence-electron chi connectivity index (χ2n) is 6.62. The summed E-state index contributed by atoms with van der Waals surface area (Å²) >= 11 is 0. The second-order valence-corrected chi connectivity index (χ2v) is 8.62. The molecule has 1 unspecified atom stereocenters. The van der Waals surface area contributed by atoms with Crippen molar-refractivity contribution in [1.82, 2.24) is 4.31 Å². The van der Waals surface area contributed by atoms with E-state index in [4.69, 9.17) is 5.26 Å². The van der Waals surface area contributed by atoms with Crippen LogP contribution in [0.25, 0.3) is 0 Å². The molecule has 0 fully saturated rings. The number of likely N-dealkylation sites (N-methyl/N-ethyl adjacent to an activating group) is 1. The normalized spacial score (nSPS) is 13.6. The van der Waals surface area contributed by atoms with Gasteiger partial charge < -0.3 is 5.11 Å². The molecule has 23 heavy (non-hydrogen) atoms. The first-order valence-corrected chi connectivity index (χ1v) is 8.60. The topological polar surface area (TPSA) is 98.5 Å². The van der Waals surface area contributed by atoms with E-state index in [1.807, 2.05) is 26.8 Å². The Hall–Kier alpha value is -1.91. The van der Waals surface area contributed by atoms with Crippen molar-refractivity contribution in [3.8, 4) is 6.07 Å². The largest absolute Gasteiger partial charge is 0.480 e. The Morgan fingerprint density at radius 2 is 2.00 bits per heavy atom. The van der Waals surface area contributed by atoms with Gasteiger partial charge in [-0.1, -0.05) is 32.9 Å². The van der Waals surface area contributed by atoms with E-state index in [2.05, 4.69) is 0 Å². The van der Waals surface area contributed by atoms with Gasteiger partial charge in [-0.15, -0.1) is 0 Å². The van der Waals surface area contributed by atoms with Gasteiger partial charge in [-0.3, -0.25) is 4.79 Å². The molecule has 0 aliphatic heterocycles. The van der Waals surface area contributed by atoms with Crippen LogP contribution in [0.5, 0.6) is 0 Å². The molecule has 0 saturated carbocycles. The maximum Gasteiger partial charge on any atom is 0.322 e. The predicted molar refractivity (Wildman–Crippen MR) is 86.2 cm³/mol. The van der Waals surface area contributed by atoms with E-state index in [0.717, 1.165) is 4.31 Å². The van der Waals surface area contributed by atoms with Gasteiger partial charge in [0, 0.05) is 7.05 Å². The highest BCUT2D eigenvalue weighted by Gasteiger charge is 2.35. The monoisotopic (exact) mass is 338 g/mol. The smallest absolute Gasteiger partial charge is 0.322 e. The Labute approximate surface area is 137 Å². The Morgan fingerprint density at radius 1 is 1.39 bits per heavy atom. The van der Waals surface area contributed by atoms with Crippen molar-refractivity contribution >= 4 is 16.0 Å². The van der Waals surface area contributed by atoms with Gasteiger partial charge in [-0.25, -0.2) is 8.42 Å². The SMILES string of the molecule is CN(C(CC(C)(C)C)C(=O)O)S(=O)(=O)c1cccc(CC#N)c1. The van der Waals surface area contributed by atoms with Crippen LogP contribution in [0.4, 0.5) is 0 Å². The van der Waals surface area contributed by atoms with Crippen LogP contribution in [0.3, 0.4) is 0 Å². The molecule has 0 radical (unpaired) electrons. The molecule has 0 amide bonds. The molecule has 126 valence electrons. The molecule has 7 heteroatoms. The van der Waals surface area contributed by atoms with E-state index in [1.165, 1.54) is 19.2 Å². The third-order valence-electron chi connectivity index (χ3n) is 3.39. The fourth-order valence-electron chi connectivity index (χ4n) is 2.19. The van der Waals surface area contributed by atoms with Crippen LogP contribution in [-0.4, -0.2) is 36.9 Å². The van der Waals surface area contributed by atoms with Gasteiger partial charge in [0.15, 0.2) is 0 Å². The third kappa shape index (κ3) is 5.05. The van der Waals surface area contributed by atoms with Gasteiger partial charge in [0.05, 0.1) is 17.4 Å². The molecule has 1 aromatic rings. The number of rotatable bonds is 6. The first-order chi connectivity index (χ1) is 10.5. The van der Waals surface area contributed by atoms with Crippen molar-refractivity contribution in [2.24, 2.45) is 5.41 Å². The molecule has 6 nitrogen and oxygen atoms in total. The minimum absolute atomic E-state index is 0.00657. The van der Waals surface area contributed by atoms with Crippen molar-refractivity contribution in [3.63, 3.8) is 0 Å². The summed E-state index contributed by atoms with van der Waals surface area (Å²) in [5, 5.41) is 18.1. The number of carbonyl (C=O) groups is 1. The standard InChI is InChI=1S/C16H22N2O4S/c1-16(2,3)11-14(15(19)20)18(4)23(21,22)13-7-5-6-12(10-13)8-9-17/h5-7,10,14H,8,11H2,1-4H3,(H,19,20). The van der Waals surface area contributed by atoms with E-state index in [0.29, 0.717) is 5.56 Å². The number of benzene rings is 1. The van der Waals surface area contributed by atoms with E-state index in [1.54, 1.807) is 12.1 Å². The molecule has 0 aromatic heterocycles. The molecule has 1 atom stereocenters. The summed E-state index contributed by atoms with van der Waals surface area (Å²) in [5.74, 6) is -1.18. The van der Waals surface area contributed by atoms with Gasteiger partial charge in [0.25, 0.3) is 0 Å². The number of sulfonamides is 1. The van der Waals surface area contributed by atoms with Crippen molar-refractivity contribution in [2.45, 2.75) is 44.6 Å². The molecular weight excluding hydrogens is 316 g/mol. The predicted octanol–water partition coefficient (Wildman–Crippen LogP) is 2.26. The number of nitriles is 1. The van der Waals surface area contributed by atoms with Crippen LogP contribution in [-0.2, 0) is 21.2 Å². The summed E-state index contributed by atoms with van der Waals surface area (Å²) in [7, 11) is -2.68. The van der Waals surface area contributed by atoms with Crippen LogP contribution < -0.4 is 0 Å². The number of aliphatic carboxylic acids is 1. The molecule has 0 aliphatic carbocycles. The molecule has 0 saturated heterocycles. The number of nitrogens with zero attached hydrogens (tertiary/aromatic N) is 2. The zero-order valence-corrected chi connectivity index (χ0v) is 14.6. The lowest BCUT2D eigenvalue weighted by Gasteiger charge is -2.29. The summed E-state index contributed by atoms with van der Waals surface area (Å²) in [5.41, 5.74) is 0.236. The maximum absolute atomic E-state index is 12.7. The molecule has 1 N–H and O–H groups in total. The van der Waals surface area contributed by atoms with Crippen molar-refractivity contribution < 1.29 is 18.3 Å². The van der Waals surface area contributed by atoms with E-state index in [-0.39, 0.29) is 23.2 Å². The van der Waals surface area contributed by atoms with Crippen LogP contribution in [0, 0.1) is 16.7 Å². The molecule has 0 bridgehead atoms. The number of hydrogen-bond donors (Lipinski definition) is 1. The third-order valence-corrected chi connectivity index (χ3v) is 5.25. The highest BCUT2D eigenvalue weighted by atomic mass is 32.2. The van der Waals surface area contributed by atoms with Gasteiger partial charge >= 0.3 is 5.97 Å².